The van der Waals surface area contributed by atoms with Crippen molar-refractivity contribution < 1.29 is 9.59 Å². The molecule has 2 aliphatic heterocycles. The van der Waals surface area contributed by atoms with Gasteiger partial charge < -0.3 is 9.80 Å². The maximum absolute atomic E-state index is 13.3. The average Bonchev–Trinajstić information content (AvgIpc) is 3.53. The van der Waals surface area contributed by atoms with E-state index in [4.69, 9.17) is 0 Å². The lowest BCUT2D eigenvalue weighted by molar-refractivity contribution is 0.0531. The van der Waals surface area contributed by atoms with Crippen molar-refractivity contribution >= 4 is 34.5 Å². The van der Waals surface area contributed by atoms with Crippen LogP contribution in [0.1, 0.15) is 38.7 Å². The second-order valence-corrected chi connectivity index (χ2v) is 9.13. The summed E-state index contributed by atoms with van der Waals surface area (Å²) in [6.45, 7) is 2.03. The highest BCUT2D eigenvalue weighted by Gasteiger charge is 2.48. The van der Waals surface area contributed by atoms with Crippen LogP contribution >= 0.6 is 22.7 Å². The standard InChI is InChI=1S/C22H21N3O2S2/c26-21(15-4-2-1-3-5-15)25-11-17(16-7-9-28-12-16)18-10-24(8-6-20(18)25)22(27)19-13-29-14-23-19/h1-5,7,9,12-14,17-18,20H,6,8,10-11H2/t17-,18-,20-/m0/s1. The van der Waals surface area contributed by atoms with E-state index < -0.39 is 0 Å². The van der Waals surface area contributed by atoms with Crippen LogP contribution in [0, 0.1) is 5.92 Å². The van der Waals surface area contributed by atoms with Crippen LogP contribution in [-0.4, -0.2) is 52.3 Å². The molecule has 0 N–H and O–H groups in total. The molecule has 5 rings (SSSR count). The predicted octanol–water partition coefficient (Wildman–Crippen LogP) is 3.98. The minimum absolute atomic E-state index is 0.00149. The number of rotatable bonds is 3. The van der Waals surface area contributed by atoms with Gasteiger partial charge in [-0.3, -0.25) is 9.59 Å². The highest BCUT2D eigenvalue weighted by atomic mass is 32.1. The molecule has 2 aromatic heterocycles. The molecule has 29 heavy (non-hydrogen) atoms. The molecule has 1 aromatic carbocycles. The van der Waals surface area contributed by atoms with E-state index in [-0.39, 0.29) is 29.7 Å². The van der Waals surface area contributed by atoms with Crippen LogP contribution in [0.4, 0.5) is 0 Å². The number of nitrogens with zero attached hydrogens (tertiary/aromatic N) is 3. The van der Waals surface area contributed by atoms with Gasteiger partial charge in [0.25, 0.3) is 11.8 Å². The second kappa shape index (κ2) is 7.72. The number of thiophene rings is 1. The highest BCUT2D eigenvalue weighted by Crippen LogP contribution is 2.42. The largest absolute Gasteiger partial charge is 0.337 e. The summed E-state index contributed by atoms with van der Waals surface area (Å²) in [4.78, 5) is 34.3. The number of piperidine rings is 1. The highest BCUT2D eigenvalue weighted by molar-refractivity contribution is 7.08. The molecule has 148 valence electrons. The summed E-state index contributed by atoms with van der Waals surface area (Å²) < 4.78 is 0. The fourth-order valence-corrected chi connectivity index (χ4v) is 5.97. The van der Waals surface area contributed by atoms with Gasteiger partial charge in [-0.2, -0.15) is 11.3 Å². The first-order valence-electron chi connectivity index (χ1n) is 9.78. The van der Waals surface area contributed by atoms with Crippen molar-refractivity contribution in [3.63, 3.8) is 0 Å². The van der Waals surface area contributed by atoms with E-state index in [0.717, 1.165) is 12.0 Å². The lowest BCUT2D eigenvalue weighted by atomic mass is 9.82. The third kappa shape index (κ3) is 3.38. The normalized spacial score (nSPS) is 23.8. The maximum Gasteiger partial charge on any atom is 0.273 e. The van der Waals surface area contributed by atoms with Gasteiger partial charge in [-0.25, -0.2) is 4.98 Å². The molecule has 0 radical (unpaired) electrons. The van der Waals surface area contributed by atoms with Gasteiger partial charge in [0.2, 0.25) is 0 Å². The van der Waals surface area contributed by atoms with Crippen molar-refractivity contribution in [1.29, 1.82) is 0 Å². The number of thiazole rings is 1. The number of likely N-dealkylation sites (tertiary alicyclic amines) is 2. The quantitative estimate of drug-likeness (QED) is 0.640. The fraction of sp³-hybridized carbons (Fsp3) is 0.318. The Kier molecular flexibility index (Phi) is 4.93. The van der Waals surface area contributed by atoms with Gasteiger partial charge in [-0.15, -0.1) is 11.3 Å². The van der Waals surface area contributed by atoms with Crippen LogP contribution < -0.4 is 0 Å². The van der Waals surface area contributed by atoms with Crippen LogP contribution in [0.25, 0.3) is 0 Å². The summed E-state index contributed by atoms with van der Waals surface area (Å²) in [6, 6.07) is 11.8. The number of fused-ring (bicyclic) bond motifs is 1. The Morgan fingerprint density at radius 1 is 1.00 bits per heavy atom. The molecule has 2 aliphatic rings. The molecular formula is C22H21N3O2S2. The summed E-state index contributed by atoms with van der Waals surface area (Å²) in [5, 5.41) is 6.08. The number of hydrogen-bond donors (Lipinski definition) is 0. The lowest BCUT2D eigenvalue weighted by Crippen LogP contribution is -2.49. The number of carbonyl (C=O) groups is 2. The second-order valence-electron chi connectivity index (χ2n) is 7.63. The van der Waals surface area contributed by atoms with Gasteiger partial charge in [-0.1, -0.05) is 18.2 Å². The SMILES string of the molecule is O=C(c1cscn1)N1CC[C@H]2[C@@H](C1)[C@H](c1ccsc1)CN2C(=O)c1ccccc1. The van der Waals surface area contributed by atoms with E-state index >= 15 is 0 Å². The predicted molar refractivity (Wildman–Crippen MR) is 114 cm³/mol. The number of hydrogen-bond acceptors (Lipinski definition) is 5. The van der Waals surface area contributed by atoms with E-state index in [1.165, 1.54) is 16.9 Å². The molecule has 2 amide bonds. The first-order chi connectivity index (χ1) is 14.2. The molecule has 3 aromatic rings. The van der Waals surface area contributed by atoms with Crippen LogP contribution in [0.2, 0.25) is 0 Å². The number of amides is 2. The number of carbonyl (C=O) groups excluding carboxylic acids is 2. The van der Waals surface area contributed by atoms with E-state index in [9.17, 15) is 9.59 Å². The van der Waals surface area contributed by atoms with E-state index in [0.29, 0.717) is 25.3 Å². The molecule has 0 saturated carbocycles. The molecule has 7 heteroatoms. The van der Waals surface area contributed by atoms with Crippen LogP contribution in [0.5, 0.6) is 0 Å². The Balaban J connectivity index is 1.43. The van der Waals surface area contributed by atoms with Gasteiger partial charge in [-0.05, 0) is 40.9 Å². The van der Waals surface area contributed by atoms with Gasteiger partial charge in [0.15, 0.2) is 0 Å². The summed E-state index contributed by atoms with van der Waals surface area (Å²) in [5.74, 6) is 0.595. The molecule has 0 bridgehead atoms. The molecule has 2 fully saturated rings. The van der Waals surface area contributed by atoms with Gasteiger partial charge in [0.05, 0.1) is 5.51 Å². The topological polar surface area (TPSA) is 53.5 Å². The maximum atomic E-state index is 13.3. The zero-order valence-electron chi connectivity index (χ0n) is 15.8. The Labute approximate surface area is 177 Å². The fourth-order valence-electron chi connectivity index (χ4n) is 4.72. The summed E-state index contributed by atoms with van der Waals surface area (Å²) in [5.41, 5.74) is 4.23. The Hall–Kier alpha value is -2.51. The molecule has 0 unspecified atom stereocenters. The van der Waals surface area contributed by atoms with Gasteiger partial charge in [0, 0.05) is 48.5 Å². The first kappa shape index (κ1) is 18.5. The minimum Gasteiger partial charge on any atom is -0.337 e. The monoisotopic (exact) mass is 423 g/mol. The van der Waals surface area contributed by atoms with Crippen molar-refractivity contribution in [2.75, 3.05) is 19.6 Å². The Morgan fingerprint density at radius 3 is 2.59 bits per heavy atom. The average molecular weight is 424 g/mol. The van der Waals surface area contributed by atoms with Crippen molar-refractivity contribution in [3.05, 3.63) is 74.9 Å². The summed E-state index contributed by atoms with van der Waals surface area (Å²) >= 11 is 3.13. The molecular weight excluding hydrogens is 402 g/mol. The smallest absolute Gasteiger partial charge is 0.273 e. The molecule has 0 spiro atoms. The third-order valence-electron chi connectivity index (χ3n) is 6.12. The number of aromatic nitrogens is 1. The van der Waals surface area contributed by atoms with Crippen molar-refractivity contribution in [3.8, 4) is 0 Å². The zero-order valence-corrected chi connectivity index (χ0v) is 17.4. The van der Waals surface area contributed by atoms with Crippen LogP contribution in [-0.2, 0) is 0 Å². The van der Waals surface area contributed by atoms with Gasteiger partial charge in [0.1, 0.15) is 5.69 Å². The van der Waals surface area contributed by atoms with Crippen molar-refractivity contribution in [2.45, 2.75) is 18.4 Å². The van der Waals surface area contributed by atoms with Gasteiger partial charge >= 0.3 is 0 Å². The summed E-state index contributed by atoms with van der Waals surface area (Å²) in [7, 11) is 0. The number of benzene rings is 1. The van der Waals surface area contributed by atoms with E-state index in [2.05, 4.69) is 21.8 Å². The zero-order chi connectivity index (χ0) is 19.8. The lowest BCUT2D eigenvalue weighted by Gasteiger charge is -2.38. The van der Waals surface area contributed by atoms with Crippen LogP contribution in [0.15, 0.2) is 58.0 Å². The minimum atomic E-state index is 0.00149. The third-order valence-corrected chi connectivity index (χ3v) is 7.41. The van der Waals surface area contributed by atoms with Crippen molar-refractivity contribution in [1.82, 2.24) is 14.8 Å². The Bertz CT molecular complexity index is 989. The van der Waals surface area contributed by atoms with E-state index in [1.807, 2.05) is 45.5 Å². The molecule has 5 nitrogen and oxygen atoms in total. The van der Waals surface area contributed by atoms with E-state index in [1.54, 1.807) is 16.8 Å². The molecule has 3 atom stereocenters. The summed E-state index contributed by atoms with van der Waals surface area (Å²) in [6.07, 6.45) is 0.805. The van der Waals surface area contributed by atoms with Crippen LogP contribution in [0.3, 0.4) is 0 Å². The molecule has 4 heterocycles. The van der Waals surface area contributed by atoms with Crippen molar-refractivity contribution in [2.24, 2.45) is 5.92 Å². The Morgan fingerprint density at radius 2 is 1.86 bits per heavy atom. The molecule has 0 aliphatic carbocycles. The molecule has 2 saturated heterocycles. The first-order valence-corrected chi connectivity index (χ1v) is 11.7.